The largest absolute Gasteiger partial charge is 0.417 e. The van der Waals surface area contributed by atoms with Crippen molar-refractivity contribution in [3.05, 3.63) is 65.0 Å². The number of amides is 2. The number of carbonyl (C=O) groups is 2. The Kier molecular flexibility index (Phi) is 6.87. The van der Waals surface area contributed by atoms with E-state index in [0.29, 0.717) is 6.07 Å². The smallest absolute Gasteiger partial charge is 0.388 e. The number of benzene rings is 2. The van der Waals surface area contributed by atoms with E-state index in [1.807, 2.05) is 0 Å². The van der Waals surface area contributed by atoms with Gasteiger partial charge in [0, 0.05) is 11.3 Å². The van der Waals surface area contributed by atoms with Crippen molar-refractivity contribution in [2.24, 2.45) is 0 Å². The minimum Gasteiger partial charge on any atom is -0.388 e. The van der Waals surface area contributed by atoms with E-state index in [9.17, 15) is 32.3 Å². The molecule has 1 atom stereocenters. The van der Waals surface area contributed by atoms with Crippen molar-refractivity contribution >= 4 is 17.5 Å². The molecule has 4 N–H and O–H groups in total. The number of hydrogen-bond donors (Lipinski definition) is 4. The van der Waals surface area contributed by atoms with Gasteiger partial charge in [-0.25, -0.2) is 4.39 Å². The third kappa shape index (κ3) is 6.16. The molecule has 2 aromatic rings. The second-order valence-electron chi connectivity index (χ2n) is 7.05. The maximum atomic E-state index is 13.2. The fourth-order valence-corrected chi connectivity index (χ4v) is 2.56. The van der Waals surface area contributed by atoms with Gasteiger partial charge in [0.1, 0.15) is 11.9 Å². The number of nitriles is 1. The van der Waals surface area contributed by atoms with Gasteiger partial charge in [-0.1, -0.05) is 0 Å². The average molecular weight is 438 g/mol. The highest BCUT2D eigenvalue weighted by molar-refractivity contribution is 5.96. The molecule has 0 spiro atoms. The highest BCUT2D eigenvalue weighted by Gasteiger charge is 2.36. The maximum absolute atomic E-state index is 13.2. The summed E-state index contributed by atoms with van der Waals surface area (Å²) in [6.45, 7) is 2.47. The summed E-state index contributed by atoms with van der Waals surface area (Å²) >= 11 is 0. The Morgan fingerprint density at radius 2 is 1.68 bits per heavy atom. The van der Waals surface area contributed by atoms with Gasteiger partial charge in [-0.05, 0) is 56.3 Å². The van der Waals surface area contributed by atoms with Gasteiger partial charge >= 0.3 is 6.18 Å². The van der Waals surface area contributed by atoms with E-state index >= 15 is 0 Å². The number of carbonyl (C=O) groups excluding carboxylic acids is 2. The minimum absolute atomic E-state index is 0.0383. The zero-order valence-corrected chi connectivity index (χ0v) is 16.3. The van der Waals surface area contributed by atoms with Crippen LogP contribution in [-0.2, 0) is 11.0 Å². The summed E-state index contributed by atoms with van der Waals surface area (Å²) < 4.78 is 52.4. The van der Waals surface area contributed by atoms with Gasteiger partial charge in [0.25, 0.3) is 11.8 Å². The van der Waals surface area contributed by atoms with E-state index < -0.39 is 46.6 Å². The number of hydrogen-bond acceptors (Lipinski definition) is 5. The van der Waals surface area contributed by atoms with E-state index in [-0.39, 0.29) is 11.3 Å². The fourth-order valence-electron chi connectivity index (χ4n) is 2.56. The van der Waals surface area contributed by atoms with Crippen LogP contribution < -0.4 is 16.2 Å². The molecule has 0 aliphatic carbocycles. The molecule has 0 radical (unpaired) electrons. The van der Waals surface area contributed by atoms with E-state index in [1.165, 1.54) is 32.0 Å². The Morgan fingerprint density at radius 1 is 1.06 bits per heavy atom. The quantitative estimate of drug-likeness (QED) is 0.424. The Labute approximate surface area is 174 Å². The van der Waals surface area contributed by atoms with Crippen molar-refractivity contribution in [3.8, 4) is 6.07 Å². The van der Waals surface area contributed by atoms with Crippen LogP contribution in [0.25, 0.3) is 0 Å². The van der Waals surface area contributed by atoms with E-state index in [1.54, 1.807) is 0 Å². The third-order valence-electron chi connectivity index (χ3n) is 4.13. The van der Waals surface area contributed by atoms with Crippen LogP contribution in [0.5, 0.6) is 0 Å². The SMILES string of the molecule is CC(C)(O)[C@@H](Nc1ccc(C#N)c(C(F)(F)F)c1)C(=O)NNC(=O)c1ccc(F)cc1. The van der Waals surface area contributed by atoms with Crippen molar-refractivity contribution in [1.29, 1.82) is 5.26 Å². The molecule has 0 bridgehead atoms. The highest BCUT2D eigenvalue weighted by atomic mass is 19.4. The lowest BCUT2D eigenvalue weighted by molar-refractivity contribution is -0.137. The number of aliphatic hydroxyl groups is 1. The third-order valence-corrected chi connectivity index (χ3v) is 4.13. The number of rotatable bonds is 5. The van der Waals surface area contributed by atoms with Gasteiger partial charge in [0.05, 0.1) is 22.8 Å². The highest BCUT2D eigenvalue weighted by Crippen LogP contribution is 2.34. The van der Waals surface area contributed by atoms with Gasteiger partial charge in [-0.2, -0.15) is 18.4 Å². The molecule has 2 rings (SSSR count). The van der Waals surface area contributed by atoms with Crippen LogP contribution in [0.3, 0.4) is 0 Å². The molecule has 0 fully saturated rings. The normalized spacial score (nSPS) is 12.5. The van der Waals surface area contributed by atoms with Crippen LogP contribution in [-0.4, -0.2) is 28.6 Å². The van der Waals surface area contributed by atoms with Crippen molar-refractivity contribution < 1.29 is 32.3 Å². The monoisotopic (exact) mass is 438 g/mol. The molecule has 0 aliphatic heterocycles. The average Bonchev–Trinajstić information content (AvgIpc) is 2.68. The molecule has 2 amide bonds. The molecule has 11 heteroatoms. The van der Waals surface area contributed by atoms with Crippen LogP contribution in [0.15, 0.2) is 42.5 Å². The first kappa shape index (κ1) is 23.6. The summed E-state index contributed by atoms with van der Waals surface area (Å²) in [7, 11) is 0. The van der Waals surface area contributed by atoms with E-state index in [0.717, 1.165) is 24.3 Å². The lowest BCUT2D eigenvalue weighted by Crippen LogP contribution is -2.56. The zero-order valence-electron chi connectivity index (χ0n) is 16.3. The summed E-state index contributed by atoms with van der Waals surface area (Å²) in [5, 5.41) is 21.6. The summed E-state index contributed by atoms with van der Waals surface area (Å²) in [5.74, 6) is -2.30. The van der Waals surface area contributed by atoms with Crippen LogP contribution in [0.2, 0.25) is 0 Å². The van der Waals surface area contributed by atoms with Crippen LogP contribution in [0.4, 0.5) is 23.2 Å². The predicted molar refractivity (Wildman–Crippen MR) is 102 cm³/mol. The number of alkyl halides is 3. The van der Waals surface area contributed by atoms with Crippen molar-refractivity contribution in [2.45, 2.75) is 31.7 Å². The zero-order chi connectivity index (χ0) is 23.4. The molecule has 0 aliphatic rings. The van der Waals surface area contributed by atoms with Gasteiger partial charge in [0.2, 0.25) is 0 Å². The van der Waals surface area contributed by atoms with Crippen LogP contribution in [0.1, 0.15) is 35.3 Å². The van der Waals surface area contributed by atoms with Crippen LogP contribution >= 0.6 is 0 Å². The Morgan fingerprint density at radius 3 is 2.19 bits per heavy atom. The molecule has 164 valence electrons. The minimum atomic E-state index is -4.81. The predicted octanol–water partition coefficient (Wildman–Crippen LogP) is 2.73. The van der Waals surface area contributed by atoms with E-state index in [2.05, 4.69) is 16.2 Å². The first-order chi connectivity index (χ1) is 14.3. The molecule has 0 heterocycles. The van der Waals surface area contributed by atoms with Crippen LogP contribution in [0, 0.1) is 17.1 Å². The Hall–Kier alpha value is -3.65. The lowest BCUT2D eigenvalue weighted by atomic mass is 9.97. The van der Waals surface area contributed by atoms with Crippen molar-refractivity contribution in [2.75, 3.05) is 5.32 Å². The molecule has 0 saturated carbocycles. The number of anilines is 1. The Bertz CT molecular complexity index is 1010. The molecule has 0 unspecified atom stereocenters. The molecule has 2 aromatic carbocycles. The molecule has 0 saturated heterocycles. The van der Waals surface area contributed by atoms with Gasteiger partial charge in [0.15, 0.2) is 0 Å². The van der Waals surface area contributed by atoms with Gasteiger partial charge < -0.3 is 10.4 Å². The molecular formula is C20H18F4N4O3. The second kappa shape index (κ2) is 9.01. The second-order valence-corrected chi connectivity index (χ2v) is 7.05. The number of halogens is 4. The lowest BCUT2D eigenvalue weighted by Gasteiger charge is -2.30. The molecular weight excluding hydrogens is 420 g/mol. The Balaban J connectivity index is 2.19. The summed E-state index contributed by atoms with van der Waals surface area (Å²) in [6, 6.07) is 7.11. The first-order valence-corrected chi connectivity index (χ1v) is 8.79. The summed E-state index contributed by atoms with van der Waals surface area (Å²) in [5.41, 5.74) is 0.414. The fraction of sp³-hybridized carbons (Fsp3) is 0.250. The molecule has 0 aromatic heterocycles. The standard InChI is InChI=1S/C20H18F4N4O3/c1-19(2,31)16(18(30)28-27-17(29)11-3-6-13(21)7-4-11)26-14-8-5-12(10-25)15(9-14)20(22,23)24/h3-9,16,26,31H,1-2H3,(H,27,29)(H,28,30)/t16-/m0/s1. The van der Waals surface area contributed by atoms with Gasteiger partial charge in [-0.3, -0.25) is 20.4 Å². The molecule has 7 nitrogen and oxygen atoms in total. The van der Waals surface area contributed by atoms with Gasteiger partial charge in [-0.15, -0.1) is 0 Å². The van der Waals surface area contributed by atoms with Crippen molar-refractivity contribution in [3.63, 3.8) is 0 Å². The number of hydrazine groups is 1. The summed E-state index contributed by atoms with van der Waals surface area (Å²) in [4.78, 5) is 24.5. The number of nitrogens with zero attached hydrogens (tertiary/aromatic N) is 1. The number of nitrogens with one attached hydrogen (secondary N) is 3. The first-order valence-electron chi connectivity index (χ1n) is 8.79. The molecule has 31 heavy (non-hydrogen) atoms. The van der Waals surface area contributed by atoms with E-state index in [4.69, 9.17) is 5.26 Å². The summed E-state index contributed by atoms with van der Waals surface area (Å²) in [6.07, 6.45) is -4.81. The topological polar surface area (TPSA) is 114 Å². The maximum Gasteiger partial charge on any atom is 0.417 e. The van der Waals surface area contributed by atoms with Crippen molar-refractivity contribution in [1.82, 2.24) is 10.9 Å².